The molecule has 210 valence electrons. The van der Waals surface area contributed by atoms with Crippen LogP contribution in [0.2, 0.25) is 0 Å². The van der Waals surface area contributed by atoms with Gasteiger partial charge in [-0.15, -0.1) is 11.3 Å². The summed E-state index contributed by atoms with van der Waals surface area (Å²) in [6, 6.07) is 20.1. The van der Waals surface area contributed by atoms with Crippen molar-refractivity contribution in [2.45, 2.75) is 76.5 Å². The van der Waals surface area contributed by atoms with E-state index in [2.05, 4.69) is 75.6 Å². The zero-order valence-electron chi connectivity index (χ0n) is 23.6. The van der Waals surface area contributed by atoms with Crippen LogP contribution in [0.5, 0.6) is 0 Å². The molecule has 0 unspecified atom stereocenters. The molecular weight excluding hydrogens is 514 g/mol. The lowest BCUT2D eigenvalue weighted by molar-refractivity contribution is -0.138. The molecule has 6 rings (SSSR count). The number of nitrogens with two attached hydrogens (primary N) is 1. The van der Waals surface area contributed by atoms with Crippen molar-refractivity contribution in [3.63, 3.8) is 0 Å². The van der Waals surface area contributed by atoms with Crippen LogP contribution in [0, 0.1) is 5.92 Å². The number of amides is 1. The fourth-order valence-electron chi connectivity index (χ4n) is 6.60. The topological polar surface area (TPSA) is 60.5 Å². The molecule has 0 aliphatic heterocycles. The van der Waals surface area contributed by atoms with Gasteiger partial charge in [0.2, 0.25) is 5.91 Å². The summed E-state index contributed by atoms with van der Waals surface area (Å²) in [5.74, 6) is 0.668. The number of para-hydroxylation sites is 1. The summed E-state index contributed by atoms with van der Waals surface area (Å²) in [5, 5.41) is 3.46. The molecule has 0 spiro atoms. The van der Waals surface area contributed by atoms with Crippen molar-refractivity contribution < 1.29 is 9.53 Å². The summed E-state index contributed by atoms with van der Waals surface area (Å²) in [6.45, 7) is 2.94. The molecule has 2 heterocycles. The molecule has 1 amide bonds. The molecule has 4 aromatic rings. The van der Waals surface area contributed by atoms with E-state index < -0.39 is 0 Å². The third-order valence-electron chi connectivity index (χ3n) is 8.82. The molecule has 40 heavy (non-hydrogen) atoms. The molecule has 2 fully saturated rings. The molecule has 2 aromatic heterocycles. The van der Waals surface area contributed by atoms with Crippen LogP contribution in [0.25, 0.3) is 22.0 Å². The van der Waals surface area contributed by atoms with Gasteiger partial charge in [-0.05, 0) is 77.8 Å². The van der Waals surface area contributed by atoms with E-state index in [1.165, 1.54) is 44.5 Å². The lowest BCUT2D eigenvalue weighted by Gasteiger charge is -2.35. The highest BCUT2D eigenvalue weighted by atomic mass is 32.1. The molecule has 2 aliphatic rings. The number of hydrogen-bond donors (Lipinski definition) is 1. The number of thiophene rings is 1. The summed E-state index contributed by atoms with van der Waals surface area (Å²) in [7, 11) is 1.76. The van der Waals surface area contributed by atoms with E-state index in [-0.39, 0.29) is 11.8 Å². The van der Waals surface area contributed by atoms with Crippen molar-refractivity contribution in [2.75, 3.05) is 13.7 Å². The lowest BCUT2D eigenvalue weighted by Crippen LogP contribution is -2.40. The Labute approximate surface area is 241 Å². The number of carbonyl (C=O) groups excluding carboxylic acids is 1. The molecule has 5 nitrogen and oxygen atoms in total. The molecule has 2 saturated carbocycles. The Balaban J connectivity index is 1.26. The molecular formula is C34H41N3O2S. The van der Waals surface area contributed by atoms with Gasteiger partial charge in [0.15, 0.2) is 0 Å². The van der Waals surface area contributed by atoms with E-state index in [0.717, 1.165) is 51.7 Å². The molecule has 0 saturated heterocycles. The number of methoxy groups -OCH3 is 1. The predicted octanol–water partition coefficient (Wildman–Crippen LogP) is 7.33. The van der Waals surface area contributed by atoms with Crippen LogP contribution in [-0.4, -0.2) is 35.1 Å². The van der Waals surface area contributed by atoms with E-state index in [1.807, 2.05) is 0 Å². The van der Waals surface area contributed by atoms with Gasteiger partial charge < -0.3 is 19.9 Å². The van der Waals surface area contributed by atoms with Gasteiger partial charge in [-0.2, -0.15) is 0 Å². The maximum atomic E-state index is 14.4. The largest absolute Gasteiger partial charge is 0.385 e. The molecule has 2 N–H and O–H groups in total. The van der Waals surface area contributed by atoms with E-state index in [4.69, 9.17) is 10.5 Å². The summed E-state index contributed by atoms with van der Waals surface area (Å²) >= 11 is 1.72. The van der Waals surface area contributed by atoms with Crippen LogP contribution >= 0.6 is 11.3 Å². The summed E-state index contributed by atoms with van der Waals surface area (Å²) in [4.78, 5) is 17.8. The Morgan fingerprint density at radius 1 is 1.05 bits per heavy atom. The van der Waals surface area contributed by atoms with Crippen molar-refractivity contribution in [2.24, 2.45) is 11.7 Å². The smallest absolute Gasteiger partial charge is 0.226 e. The number of benzene rings is 2. The van der Waals surface area contributed by atoms with Crippen LogP contribution in [0.4, 0.5) is 0 Å². The van der Waals surface area contributed by atoms with Crippen LogP contribution < -0.4 is 5.73 Å². The normalized spacial score (nSPS) is 19.2. The maximum Gasteiger partial charge on any atom is 0.226 e. The van der Waals surface area contributed by atoms with Crippen molar-refractivity contribution in [3.8, 4) is 11.1 Å². The van der Waals surface area contributed by atoms with E-state index in [0.29, 0.717) is 25.0 Å². The highest BCUT2D eigenvalue weighted by molar-refractivity contribution is 7.10. The first-order chi connectivity index (χ1) is 19.7. The van der Waals surface area contributed by atoms with Crippen molar-refractivity contribution in [1.82, 2.24) is 9.47 Å². The number of aryl methyl sites for hydroxylation is 1. The minimum Gasteiger partial charge on any atom is -0.385 e. The quantitative estimate of drug-likeness (QED) is 0.197. The number of rotatable bonds is 11. The summed E-state index contributed by atoms with van der Waals surface area (Å²) in [6.07, 6.45) is 9.86. The molecule has 2 aliphatic carbocycles. The first kappa shape index (κ1) is 27.3. The molecule has 2 aromatic carbocycles. The third-order valence-corrected chi connectivity index (χ3v) is 9.78. The lowest BCUT2D eigenvalue weighted by atomic mass is 9.74. The summed E-state index contributed by atoms with van der Waals surface area (Å²) in [5.41, 5.74) is 12.1. The average molecular weight is 556 g/mol. The Kier molecular flexibility index (Phi) is 8.38. The number of ether oxygens (including phenoxy) is 1. The van der Waals surface area contributed by atoms with E-state index in [1.54, 1.807) is 18.4 Å². The number of carbonyl (C=O) groups is 1. The van der Waals surface area contributed by atoms with Gasteiger partial charge in [-0.3, -0.25) is 4.79 Å². The van der Waals surface area contributed by atoms with Gasteiger partial charge in [0.1, 0.15) is 0 Å². The van der Waals surface area contributed by atoms with E-state index in [9.17, 15) is 4.79 Å². The first-order valence-corrected chi connectivity index (χ1v) is 15.8. The Bertz CT molecular complexity index is 1450. The minimum atomic E-state index is 0.0433. The number of aromatic nitrogens is 1. The second kappa shape index (κ2) is 12.3. The van der Waals surface area contributed by atoms with Gasteiger partial charge in [-0.25, -0.2) is 0 Å². The van der Waals surface area contributed by atoms with E-state index >= 15 is 0 Å². The van der Waals surface area contributed by atoms with Crippen LogP contribution in [0.1, 0.15) is 66.9 Å². The Morgan fingerprint density at radius 3 is 2.70 bits per heavy atom. The van der Waals surface area contributed by atoms with Crippen molar-refractivity contribution in [3.05, 3.63) is 82.2 Å². The summed E-state index contributed by atoms with van der Waals surface area (Å²) < 4.78 is 7.64. The first-order valence-electron chi connectivity index (χ1n) is 14.9. The molecule has 6 heteroatoms. The Morgan fingerprint density at radius 2 is 1.90 bits per heavy atom. The van der Waals surface area contributed by atoms with Gasteiger partial charge in [0.05, 0.1) is 0 Å². The van der Waals surface area contributed by atoms with Crippen molar-refractivity contribution >= 4 is 28.1 Å². The van der Waals surface area contributed by atoms with Crippen LogP contribution in [0.15, 0.2) is 66.2 Å². The maximum absolute atomic E-state index is 14.4. The third kappa shape index (κ3) is 5.76. The fourth-order valence-corrected chi connectivity index (χ4v) is 7.37. The highest BCUT2D eigenvalue weighted by Crippen LogP contribution is 2.42. The highest BCUT2D eigenvalue weighted by Gasteiger charge is 2.40. The molecule has 2 atom stereocenters. The zero-order valence-corrected chi connectivity index (χ0v) is 24.4. The van der Waals surface area contributed by atoms with Gasteiger partial charge in [-0.1, -0.05) is 55.3 Å². The molecule has 0 radical (unpaired) electrons. The SMILES string of the molecule is COCCCn1cc(CN(C(=O)[C@H]2CCCC[C@@H]2c2cccc(-c3csc(CN)c3)c2)C2CC2)c2ccccc21. The number of nitrogens with zero attached hydrogens (tertiary/aromatic N) is 2. The van der Waals surface area contributed by atoms with Gasteiger partial charge >= 0.3 is 0 Å². The zero-order chi connectivity index (χ0) is 27.5. The van der Waals surface area contributed by atoms with Gasteiger partial charge in [0.25, 0.3) is 0 Å². The van der Waals surface area contributed by atoms with Crippen molar-refractivity contribution in [1.29, 1.82) is 0 Å². The van der Waals surface area contributed by atoms with Crippen LogP contribution in [-0.2, 0) is 29.2 Å². The van der Waals surface area contributed by atoms with Gasteiger partial charge in [0, 0.05) is 67.3 Å². The Hall–Kier alpha value is -2.93. The predicted molar refractivity (Wildman–Crippen MR) is 164 cm³/mol. The fraction of sp³-hybridized carbons (Fsp3) is 0.441. The average Bonchev–Trinajstić information content (AvgIpc) is 3.62. The number of fused-ring (bicyclic) bond motifs is 1. The van der Waals surface area contributed by atoms with Crippen LogP contribution in [0.3, 0.4) is 0 Å². The molecule has 0 bridgehead atoms. The standard InChI is InChI=1S/C34H41N3O2S/c1-39-17-7-16-36-21-27(31-11-4-5-13-33(31)36)22-37(28-14-15-28)34(38)32-12-3-2-10-30(32)25-9-6-8-24(18-25)26-19-29(20-35)40-23-26/h4-6,8-9,11,13,18-19,21,23,28,30,32H,2-3,7,10,12,14-17,20,22,35H2,1H3/t30-,32+/m1/s1. The minimum absolute atomic E-state index is 0.0433. The number of hydrogen-bond acceptors (Lipinski definition) is 4. The second-order valence-electron chi connectivity index (χ2n) is 11.5. The monoisotopic (exact) mass is 555 g/mol. The second-order valence-corrected chi connectivity index (χ2v) is 12.5.